The molecule has 0 bridgehead atoms. The lowest BCUT2D eigenvalue weighted by atomic mass is 10.2. The lowest BCUT2D eigenvalue weighted by Crippen LogP contribution is -2.40. The summed E-state index contributed by atoms with van der Waals surface area (Å²) in [7, 11) is -1.66. The van der Waals surface area contributed by atoms with Gasteiger partial charge in [-0.1, -0.05) is 0 Å². The number of nitrogens with zero attached hydrogens (tertiary/aromatic N) is 2. The first-order chi connectivity index (χ1) is 12.5. The highest BCUT2D eigenvalue weighted by Gasteiger charge is 2.29. The minimum atomic E-state index is -3.23. The van der Waals surface area contributed by atoms with Crippen LogP contribution in [0.1, 0.15) is 36.5 Å². The highest BCUT2D eigenvalue weighted by Crippen LogP contribution is 2.32. The molecule has 2 heterocycles. The Morgan fingerprint density at radius 3 is 2.77 bits per heavy atom. The molecule has 1 fully saturated rings. The lowest BCUT2D eigenvalue weighted by molar-refractivity contribution is 0.0521. The van der Waals surface area contributed by atoms with E-state index >= 15 is 0 Å². The molecule has 1 aromatic heterocycles. The van der Waals surface area contributed by atoms with E-state index in [0.717, 1.165) is 12.8 Å². The molecule has 0 spiro atoms. The number of piperidine rings is 1. The second-order valence-electron chi connectivity index (χ2n) is 5.96. The van der Waals surface area contributed by atoms with Crippen LogP contribution in [0.3, 0.4) is 0 Å². The molecule has 0 atom stereocenters. The molecule has 1 saturated heterocycles. The quantitative estimate of drug-likeness (QED) is 0.462. The van der Waals surface area contributed by atoms with Crippen molar-refractivity contribution in [1.29, 1.82) is 0 Å². The summed E-state index contributed by atoms with van der Waals surface area (Å²) in [6.45, 7) is 3.52. The summed E-state index contributed by atoms with van der Waals surface area (Å²) < 4.78 is 36.2. The molecule has 7 nitrogen and oxygen atoms in total. The van der Waals surface area contributed by atoms with Gasteiger partial charge in [0, 0.05) is 38.3 Å². The predicted octanol–water partition coefficient (Wildman–Crippen LogP) is 2.18. The SMILES string of the molecule is CCOC(=O)c1cccnc1SC1CCN(S(=O)(=O)CCCOC)CC1. The van der Waals surface area contributed by atoms with E-state index in [1.54, 1.807) is 36.7 Å². The van der Waals surface area contributed by atoms with Crippen LogP contribution in [0.4, 0.5) is 0 Å². The molecule has 0 unspecified atom stereocenters. The van der Waals surface area contributed by atoms with Gasteiger partial charge in [-0.15, -0.1) is 11.8 Å². The highest BCUT2D eigenvalue weighted by atomic mass is 32.2. The molecule has 2 rings (SSSR count). The van der Waals surface area contributed by atoms with Crippen LogP contribution in [-0.4, -0.2) is 68.1 Å². The van der Waals surface area contributed by atoms with Gasteiger partial charge in [-0.05, 0) is 38.3 Å². The van der Waals surface area contributed by atoms with E-state index < -0.39 is 10.0 Å². The van der Waals surface area contributed by atoms with Crippen LogP contribution in [0.2, 0.25) is 0 Å². The fourth-order valence-corrected chi connectivity index (χ4v) is 5.42. The van der Waals surface area contributed by atoms with Gasteiger partial charge in [0.05, 0.1) is 17.9 Å². The van der Waals surface area contributed by atoms with Gasteiger partial charge in [-0.25, -0.2) is 22.5 Å². The van der Waals surface area contributed by atoms with Crippen LogP contribution < -0.4 is 0 Å². The molecular formula is C17H26N2O5S2. The number of aromatic nitrogens is 1. The van der Waals surface area contributed by atoms with Crippen molar-refractivity contribution in [2.45, 2.75) is 36.5 Å². The Morgan fingerprint density at radius 1 is 1.38 bits per heavy atom. The summed E-state index contributed by atoms with van der Waals surface area (Å²) in [5.74, 6) is -0.257. The van der Waals surface area contributed by atoms with Crippen molar-refractivity contribution in [2.75, 3.05) is 39.2 Å². The Balaban J connectivity index is 1.92. The number of esters is 1. The summed E-state index contributed by atoms with van der Waals surface area (Å²) in [6, 6.07) is 3.42. The maximum absolute atomic E-state index is 12.3. The topological polar surface area (TPSA) is 85.8 Å². The van der Waals surface area contributed by atoms with Crippen molar-refractivity contribution in [3.63, 3.8) is 0 Å². The first-order valence-corrected chi connectivity index (χ1v) is 11.2. The maximum atomic E-state index is 12.3. The van der Waals surface area contributed by atoms with Gasteiger partial charge in [0.15, 0.2) is 0 Å². The van der Waals surface area contributed by atoms with Crippen LogP contribution in [0.15, 0.2) is 23.4 Å². The number of carbonyl (C=O) groups is 1. The van der Waals surface area contributed by atoms with E-state index in [1.165, 1.54) is 11.8 Å². The third kappa shape index (κ3) is 5.94. The number of sulfonamides is 1. The molecule has 146 valence electrons. The fourth-order valence-electron chi connectivity index (χ4n) is 2.75. The van der Waals surface area contributed by atoms with Crippen LogP contribution in [0.5, 0.6) is 0 Å². The van der Waals surface area contributed by atoms with E-state index in [9.17, 15) is 13.2 Å². The predicted molar refractivity (Wildman–Crippen MR) is 101 cm³/mol. The minimum absolute atomic E-state index is 0.117. The first-order valence-electron chi connectivity index (χ1n) is 8.73. The third-order valence-electron chi connectivity index (χ3n) is 4.09. The Bertz CT molecular complexity index is 688. The Morgan fingerprint density at radius 2 is 2.12 bits per heavy atom. The molecule has 1 aromatic rings. The van der Waals surface area contributed by atoms with Crippen molar-refractivity contribution in [2.24, 2.45) is 0 Å². The van der Waals surface area contributed by atoms with Crippen molar-refractivity contribution in [3.8, 4) is 0 Å². The van der Waals surface area contributed by atoms with Gasteiger partial charge in [0.2, 0.25) is 10.0 Å². The molecule has 0 aliphatic carbocycles. The largest absolute Gasteiger partial charge is 0.462 e. The molecule has 9 heteroatoms. The van der Waals surface area contributed by atoms with E-state index in [0.29, 0.717) is 43.3 Å². The number of thioether (sulfide) groups is 1. The summed E-state index contributed by atoms with van der Waals surface area (Å²) in [5.41, 5.74) is 0.467. The maximum Gasteiger partial charge on any atom is 0.340 e. The Hall–Kier alpha value is -1.16. The number of rotatable bonds is 9. The molecule has 0 N–H and O–H groups in total. The van der Waals surface area contributed by atoms with Crippen molar-refractivity contribution >= 4 is 27.8 Å². The Labute approximate surface area is 159 Å². The minimum Gasteiger partial charge on any atom is -0.462 e. The Kier molecular flexibility index (Phi) is 8.33. The second-order valence-corrected chi connectivity index (χ2v) is 9.33. The molecule has 0 radical (unpaired) electrons. The molecule has 1 aliphatic heterocycles. The number of hydrogen-bond donors (Lipinski definition) is 0. The van der Waals surface area contributed by atoms with Crippen molar-refractivity contribution in [1.82, 2.24) is 9.29 Å². The normalized spacial score (nSPS) is 16.5. The van der Waals surface area contributed by atoms with Gasteiger partial charge in [-0.3, -0.25) is 0 Å². The van der Waals surface area contributed by atoms with Crippen molar-refractivity contribution in [3.05, 3.63) is 23.9 Å². The zero-order chi connectivity index (χ0) is 19.0. The van der Waals surface area contributed by atoms with Crippen LogP contribution >= 0.6 is 11.8 Å². The van der Waals surface area contributed by atoms with Gasteiger partial charge in [-0.2, -0.15) is 0 Å². The van der Waals surface area contributed by atoms with E-state index in [-0.39, 0.29) is 17.0 Å². The number of carbonyl (C=O) groups excluding carboxylic acids is 1. The average molecular weight is 403 g/mol. The smallest absolute Gasteiger partial charge is 0.340 e. The van der Waals surface area contributed by atoms with E-state index in [2.05, 4.69) is 4.98 Å². The molecular weight excluding hydrogens is 376 g/mol. The zero-order valence-electron chi connectivity index (χ0n) is 15.2. The molecule has 0 amide bonds. The van der Waals surface area contributed by atoms with Gasteiger partial charge < -0.3 is 9.47 Å². The highest BCUT2D eigenvalue weighted by molar-refractivity contribution is 8.00. The van der Waals surface area contributed by atoms with E-state index in [1.807, 2.05) is 0 Å². The summed E-state index contributed by atoms with van der Waals surface area (Å²) in [5, 5.41) is 0.871. The molecule has 1 aliphatic rings. The number of methoxy groups -OCH3 is 1. The number of ether oxygens (including phenoxy) is 2. The average Bonchev–Trinajstić information content (AvgIpc) is 2.63. The fraction of sp³-hybridized carbons (Fsp3) is 0.647. The summed E-state index contributed by atoms with van der Waals surface area (Å²) in [4.78, 5) is 16.4. The summed E-state index contributed by atoms with van der Waals surface area (Å²) >= 11 is 1.53. The van der Waals surface area contributed by atoms with Crippen LogP contribution in [0, 0.1) is 0 Å². The van der Waals surface area contributed by atoms with Gasteiger partial charge in [0.1, 0.15) is 5.03 Å². The van der Waals surface area contributed by atoms with Crippen LogP contribution in [-0.2, 0) is 19.5 Å². The third-order valence-corrected chi connectivity index (χ3v) is 7.40. The summed E-state index contributed by atoms with van der Waals surface area (Å²) in [6.07, 6.45) is 3.62. The standard InChI is InChI=1S/C17H26N2O5S2/c1-3-24-17(20)15-6-4-9-18-16(15)25-14-7-10-19(11-8-14)26(21,22)13-5-12-23-2/h4,6,9,14H,3,5,7-8,10-13H2,1-2H3. The van der Waals surface area contributed by atoms with Crippen LogP contribution in [0.25, 0.3) is 0 Å². The molecule has 0 aromatic carbocycles. The van der Waals surface area contributed by atoms with E-state index in [4.69, 9.17) is 9.47 Å². The number of hydrogen-bond acceptors (Lipinski definition) is 7. The van der Waals surface area contributed by atoms with Gasteiger partial charge >= 0.3 is 5.97 Å². The second kappa shape index (κ2) is 10.2. The monoisotopic (exact) mass is 402 g/mol. The van der Waals surface area contributed by atoms with Gasteiger partial charge in [0.25, 0.3) is 0 Å². The molecule has 0 saturated carbocycles. The first kappa shape index (κ1) is 21.1. The van der Waals surface area contributed by atoms with Crippen molar-refractivity contribution < 1.29 is 22.7 Å². The zero-order valence-corrected chi connectivity index (χ0v) is 16.9. The molecule has 26 heavy (non-hydrogen) atoms. The lowest BCUT2D eigenvalue weighted by Gasteiger charge is -2.30. The number of pyridine rings is 1.